The van der Waals surface area contributed by atoms with Crippen LogP contribution in [-0.2, 0) is 6.54 Å². The lowest BCUT2D eigenvalue weighted by Gasteiger charge is -2.24. The van der Waals surface area contributed by atoms with Gasteiger partial charge < -0.3 is 4.74 Å². The quantitative estimate of drug-likeness (QED) is 0.712. The van der Waals surface area contributed by atoms with Crippen molar-refractivity contribution in [3.05, 3.63) is 29.8 Å². The van der Waals surface area contributed by atoms with E-state index in [1.54, 1.807) is 12.1 Å². The summed E-state index contributed by atoms with van der Waals surface area (Å²) in [6, 6.07) is 6.66. The average Bonchev–Trinajstić information content (AvgIpc) is 2.84. The van der Waals surface area contributed by atoms with Crippen LogP contribution >= 0.6 is 11.6 Å². The Kier molecular flexibility index (Phi) is 5.76. The molecule has 0 spiro atoms. The second-order valence-electron chi connectivity index (χ2n) is 5.29. The summed E-state index contributed by atoms with van der Waals surface area (Å²) < 4.78 is 40.2. The summed E-state index contributed by atoms with van der Waals surface area (Å²) in [5, 5.41) is 0. The van der Waals surface area contributed by atoms with E-state index in [1.165, 1.54) is 25.0 Å². The first-order valence-electron chi connectivity index (χ1n) is 7.12. The molecule has 1 fully saturated rings. The fraction of sp³-hybridized carbons (Fsp3) is 0.600. The molecule has 2 nitrogen and oxygen atoms in total. The minimum Gasteiger partial charge on any atom is -0.406 e. The first-order valence-corrected chi connectivity index (χ1v) is 7.66. The molecule has 1 aliphatic heterocycles. The molecule has 0 N–H and O–H groups in total. The molecular weight excluding hydrogens is 303 g/mol. The molecule has 0 bridgehead atoms. The van der Waals surface area contributed by atoms with Crippen molar-refractivity contribution in [2.75, 3.05) is 12.4 Å². The summed E-state index contributed by atoms with van der Waals surface area (Å²) >= 11 is 5.73. The Bertz CT molecular complexity index is 436. The van der Waals surface area contributed by atoms with Gasteiger partial charge in [-0.3, -0.25) is 4.90 Å². The third-order valence-corrected chi connectivity index (χ3v) is 3.98. The molecule has 1 saturated heterocycles. The molecule has 0 saturated carbocycles. The molecule has 0 aromatic heterocycles. The zero-order valence-electron chi connectivity index (χ0n) is 11.7. The summed E-state index contributed by atoms with van der Waals surface area (Å²) in [6.45, 7) is 1.80. The van der Waals surface area contributed by atoms with Crippen LogP contribution in [0.2, 0.25) is 0 Å². The van der Waals surface area contributed by atoms with Gasteiger partial charge in [-0.1, -0.05) is 12.1 Å². The maximum absolute atomic E-state index is 12.1. The first-order chi connectivity index (χ1) is 9.98. The number of benzene rings is 1. The van der Waals surface area contributed by atoms with E-state index in [1.807, 2.05) is 0 Å². The van der Waals surface area contributed by atoms with Crippen LogP contribution in [0.4, 0.5) is 13.2 Å². The molecule has 0 amide bonds. The monoisotopic (exact) mass is 321 g/mol. The molecule has 2 rings (SSSR count). The molecule has 6 heteroatoms. The van der Waals surface area contributed by atoms with Gasteiger partial charge in [0.25, 0.3) is 0 Å². The van der Waals surface area contributed by atoms with Gasteiger partial charge in [-0.05, 0) is 49.9 Å². The highest BCUT2D eigenvalue weighted by Crippen LogP contribution is 2.26. The molecule has 0 aliphatic carbocycles. The number of hydrogen-bond donors (Lipinski definition) is 0. The zero-order chi connectivity index (χ0) is 15.3. The summed E-state index contributed by atoms with van der Waals surface area (Å²) in [6.07, 6.45) is -0.211. The van der Waals surface area contributed by atoms with Gasteiger partial charge in [0.15, 0.2) is 0 Å². The Labute approximate surface area is 127 Å². The molecule has 21 heavy (non-hydrogen) atoms. The van der Waals surface area contributed by atoms with E-state index in [4.69, 9.17) is 11.6 Å². The average molecular weight is 322 g/mol. The van der Waals surface area contributed by atoms with E-state index in [0.29, 0.717) is 11.9 Å². The van der Waals surface area contributed by atoms with E-state index < -0.39 is 6.36 Å². The second kappa shape index (κ2) is 7.36. The van der Waals surface area contributed by atoms with E-state index in [2.05, 4.69) is 9.64 Å². The normalized spacial score (nSPS) is 19.9. The molecular formula is C15H19ClF3NO. The number of halogens is 4. The van der Waals surface area contributed by atoms with Crippen LogP contribution in [0.25, 0.3) is 0 Å². The maximum atomic E-state index is 12.1. The van der Waals surface area contributed by atoms with E-state index in [-0.39, 0.29) is 5.75 Å². The molecule has 1 unspecified atom stereocenters. The Morgan fingerprint density at radius 2 is 1.95 bits per heavy atom. The van der Waals surface area contributed by atoms with Crippen molar-refractivity contribution in [2.45, 2.75) is 44.6 Å². The van der Waals surface area contributed by atoms with Gasteiger partial charge in [0.1, 0.15) is 5.75 Å². The molecule has 1 atom stereocenters. The molecule has 1 aromatic rings. The predicted octanol–water partition coefficient (Wildman–Crippen LogP) is 4.57. The van der Waals surface area contributed by atoms with Gasteiger partial charge in [-0.2, -0.15) is 0 Å². The standard InChI is InChI=1S/C15H19ClF3NO/c16-9-1-3-13-4-2-10-20(13)11-12-5-7-14(8-6-12)21-15(17,18)19/h5-8,13H,1-4,9-11H2. The lowest BCUT2D eigenvalue weighted by atomic mass is 10.1. The number of nitrogens with zero attached hydrogens (tertiary/aromatic N) is 1. The summed E-state index contributed by atoms with van der Waals surface area (Å²) in [4.78, 5) is 2.38. The Morgan fingerprint density at radius 3 is 2.57 bits per heavy atom. The van der Waals surface area contributed by atoms with E-state index >= 15 is 0 Å². The number of rotatable bonds is 6. The smallest absolute Gasteiger partial charge is 0.406 e. The van der Waals surface area contributed by atoms with Crippen LogP contribution < -0.4 is 4.74 Å². The number of hydrogen-bond acceptors (Lipinski definition) is 2. The summed E-state index contributed by atoms with van der Waals surface area (Å²) in [7, 11) is 0. The van der Waals surface area contributed by atoms with Gasteiger partial charge in [0, 0.05) is 18.5 Å². The van der Waals surface area contributed by atoms with Gasteiger partial charge in [0.2, 0.25) is 0 Å². The SMILES string of the molecule is FC(F)(F)Oc1ccc(CN2CCCC2CCCCl)cc1. The van der Waals surface area contributed by atoms with Crippen molar-refractivity contribution in [2.24, 2.45) is 0 Å². The van der Waals surface area contributed by atoms with Crippen LogP contribution in [0.1, 0.15) is 31.2 Å². The summed E-state index contributed by atoms with van der Waals surface area (Å²) in [5.41, 5.74) is 1.00. The molecule has 0 radical (unpaired) electrons. The fourth-order valence-corrected chi connectivity index (χ4v) is 2.93. The van der Waals surface area contributed by atoms with Gasteiger partial charge >= 0.3 is 6.36 Å². The van der Waals surface area contributed by atoms with Crippen molar-refractivity contribution in [3.63, 3.8) is 0 Å². The summed E-state index contributed by atoms with van der Waals surface area (Å²) in [5.74, 6) is 0.500. The highest BCUT2D eigenvalue weighted by Gasteiger charge is 2.31. The van der Waals surface area contributed by atoms with E-state index in [9.17, 15) is 13.2 Å². The minimum absolute atomic E-state index is 0.175. The van der Waals surface area contributed by atoms with Crippen LogP contribution in [0.3, 0.4) is 0 Å². The number of ether oxygens (including phenoxy) is 1. The molecule has 1 heterocycles. The van der Waals surface area contributed by atoms with Gasteiger partial charge in [-0.25, -0.2) is 0 Å². The van der Waals surface area contributed by atoms with Crippen molar-refractivity contribution >= 4 is 11.6 Å². The lowest BCUT2D eigenvalue weighted by Crippen LogP contribution is -2.28. The molecule has 1 aliphatic rings. The van der Waals surface area contributed by atoms with Crippen LogP contribution in [0, 0.1) is 0 Å². The highest BCUT2D eigenvalue weighted by molar-refractivity contribution is 6.17. The molecule has 1 aromatic carbocycles. The highest BCUT2D eigenvalue weighted by atomic mass is 35.5. The largest absolute Gasteiger partial charge is 0.573 e. The van der Waals surface area contributed by atoms with Crippen LogP contribution in [0.15, 0.2) is 24.3 Å². The molecule has 118 valence electrons. The lowest BCUT2D eigenvalue weighted by molar-refractivity contribution is -0.274. The Morgan fingerprint density at radius 1 is 1.24 bits per heavy atom. The third-order valence-electron chi connectivity index (χ3n) is 3.71. The predicted molar refractivity (Wildman–Crippen MR) is 76.5 cm³/mol. The first kappa shape index (κ1) is 16.4. The van der Waals surface area contributed by atoms with Crippen molar-refractivity contribution in [3.8, 4) is 5.75 Å². The van der Waals surface area contributed by atoms with Crippen LogP contribution in [-0.4, -0.2) is 29.7 Å². The second-order valence-corrected chi connectivity index (χ2v) is 5.67. The Balaban J connectivity index is 1.90. The van der Waals surface area contributed by atoms with Crippen molar-refractivity contribution < 1.29 is 17.9 Å². The topological polar surface area (TPSA) is 12.5 Å². The van der Waals surface area contributed by atoms with Crippen molar-refractivity contribution in [1.29, 1.82) is 0 Å². The third kappa shape index (κ3) is 5.40. The minimum atomic E-state index is -4.64. The maximum Gasteiger partial charge on any atom is 0.573 e. The zero-order valence-corrected chi connectivity index (χ0v) is 12.5. The van der Waals surface area contributed by atoms with Gasteiger partial charge in [-0.15, -0.1) is 24.8 Å². The van der Waals surface area contributed by atoms with Crippen molar-refractivity contribution in [1.82, 2.24) is 4.90 Å². The van der Waals surface area contributed by atoms with Crippen LogP contribution in [0.5, 0.6) is 5.75 Å². The Hall–Kier alpha value is -0.940. The number of alkyl halides is 4. The fourth-order valence-electron chi connectivity index (χ4n) is 2.77. The van der Waals surface area contributed by atoms with Gasteiger partial charge in [0.05, 0.1) is 0 Å². The number of likely N-dealkylation sites (tertiary alicyclic amines) is 1. The van der Waals surface area contributed by atoms with E-state index in [0.717, 1.165) is 31.5 Å².